The van der Waals surface area contributed by atoms with Crippen molar-refractivity contribution in [2.75, 3.05) is 5.73 Å². The third-order valence-corrected chi connectivity index (χ3v) is 3.98. The van der Waals surface area contributed by atoms with E-state index in [1.807, 2.05) is 16.6 Å². The molecule has 0 fully saturated rings. The summed E-state index contributed by atoms with van der Waals surface area (Å²) in [7, 11) is 0. The van der Waals surface area contributed by atoms with E-state index in [2.05, 4.69) is 34.4 Å². The van der Waals surface area contributed by atoms with Crippen LogP contribution in [0.4, 0.5) is 5.69 Å². The number of hydrogen-bond acceptors (Lipinski definition) is 5. The highest BCUT2D eigenvalue weighted by molar-refractivity contribution is 7.16. The Labute approximate surface area is 115 Å². The number of nitrogens with two attached hydrogens (primary N) is 1. The maximum atomic E-state index is 5.67. The van der Waals surface area contributed by atoms with Gasteiger partial charge in [-0.3, -0.25) is 0 Å². The maximum absolute atomic E-state index is 5.67. The Hall–Kier alpha value is -1.95. The van der Waals surface area contributed by atoms with Crippen LogP contribution in [0.2, 0.25) is 0 Å². The van der Waals surface area contributed by atoms with Gasteiger partial charge in [-0.2, -0.15) is 9.61 Å². The van der Waals surface area contributed by atoms with Gasteiger partial charge in [-0.1, -0.05) is 30.4 Å². The number of benzene rings is 1. The number of aryl methyl sites for hydroxylation is 3. The van der Waals surface area contributed by atoms with Gasteiger partial charge in [0.1, 0.15) is 5.01 Å². The quantitative estimate of drug-likeness (QED) is 0.739. The van der Waals surface area contributed by atoms with Crippen LogP contribution in [0.5, 0.6) is 0 Å². The summed E-state index contributed by atoms with van der Waals surface area (Å²) < 4.78 is 1.85. The predicted molar refractivity (Wildman–Crippen MR) is 76.3 cm³/mol. The molecule has 0 saturated heterocycles. The molecular weight excluding hydrogens is 258 g/mol. The zero-order chi connectivity index (χ0) is 13.2. The Balaban J connectivity index is 1.74. The van der Waals surface area contributed by atoms with Gasteiger partial charge in [0.2, 0.25) is 4.96 Å². The molecule has 98 valence electrons. The Morgan fingerprint density at radius 1 is 1.16 bits per heavy atom. The van der Waals surface area contributed by atoms with Crippen molar-refractivity contribution < 1.29 is 0 Å². The van der Waals surface area contributed by atoms with Crippen LogP contribution in [0.3, 0.4) is 0 Å². The minimum Gasteiger partial charge on any atom is -0.399 e. The monoisotopic (exact) mass is 273 g/mol. The average Bonchev–Trinajstić information content (AvgIpc) is 2.97. The van der Waals surface area contributed by atoms with Gasteiger partial charge in [-0.15, -0.1) is 10.2 Å². The van der Waals surface area contributed by atoms with Gasteiger partial charge in [-0.05, 0) is 24.1 Å². The van der Waals surface area contributed by atoms with Crippen molar-refractivity contribution in [3.05, 3.63) is 40.7 Å². The molecule has 3 aromatic rings. The number of nitrogens with zero attached hydrogens (tertiary/aromatic N) is 4. The van der Waals surface area contributed by atoms with E-state index in [1.165, 1.54) is 5.56 Å². The van der Waals surface area contributed by atoms with Crippen molar-refractivity contribution in [3.63, 3.8) is 0 Å². The summed E-state index contributed by atoms with van der Waals surface area (Å²) in [6.07, 6.45) is 2.73. The Morgan fingerprint density at radius 3 is 2.68 bits per heavy atom. The van der Waals surface area contributed by atoms with Crippen molar-refractivity contribution in [1.29, 1.82) is 0 Å². The Kier molecular flexibility index (Phi) is 3.16. The van der Waals surface area contributed by atoms with E-state index in [0.717, 1.165) is 40.7 Å². The molecule has 0 aliphatic heterocycles. The molecule has 2 heterocycles. The van der Waals surface area contributed by atoms with E-state index in [9.17, 15) is 0 Å². The molecule has 19 heavy (non-hydrogen) atoms. The van der Waals surface area contributed by atoms with Crippen LogP contribution >= 0.6 is 11.3 Å². The number of fused-ring (bicyclic) bond motifs is 1. The van der Waals surface area contributed by atoms with E-state index in [0.29, 0.717) is 0 Å². The standard InChI is InChI=1S/C13H15N5S/c1-2-11-15-16-13-18(11)17-12(19-13)8-5-9-3-6-10(14)7-4-9/h3-4,6-7H,2,5,8,14H2,1H3. The van der Waals surface area contributed by atoms with Crippen LogP contribution in [-0.4, -0.2) is 19.8 Å². The van der Waals surface area contributed by atoms with Crippen LogP contribution in [-0.2, 0) is 19.3 Å². The zero-order valence-corrected chi connectivity index (χ0v) is 11.5. The van der Waals surface area contributed by atoms with Gasteiger partial charge in [0.15, 0.2) is 5.82 Å². The number of nitrogen functional groups attached to an aromatic ring is 1. The first-order chi connectivity index (χ1) is 9.26. The maximum Gasteiger partial charge on any atom is 0.234 e. The molecule has 0 amide bonds. The van der Waals surface area contributed by atoms with Gasteiger partial charge >= 0.3 is 0 Å². The Morgan fingerprint density at radius 2 is 1.95 bits per heavy atom. The smallest absolute Gasteiger partial charge is 0.234 e. The summed E-state index contributed by atoms with van der Waals surface area (Å²) in [5.41, 5.74) is 7.75. The third-order valence-electron chi connectivity index (χ3n) is 3.02. The van der Waals surface area contributed by atoms with E-state index in [4.69, 9.17) is 5.73 Å². The summed E-state index contributed by atoms with van der Waals surface area (Å²) in [6, 6.07) is 7.99. The van der Waals surface area contributed by atoms with Crippen LogP contribution in [0.15, 0.2) is 24.3 Å². The lowest BCUT2D eigenvalue weighted by Gasteiger charge is -1.99. The predicted octanol–water partition coefficient (Wildman–Crippen LogP) is 2.12. The number of hydrogen-bond donors (Lipinski definition) is 1. The molecule has 1 aromatic carbocycles. The second kappa shape index (κ2) is 4.97. The summed E-state index contributed by atoms with van der Waals surface area (Å²) in [4.78, 5) is 0.879. The lowest BCUT2D eigenvalue weighted by Crippen LogP contribution is -1.96. The van der Waals surface area contributed by atoms with E-state index in [1.54, 1.807) is 11.3 Å². The zero-order valence-electron chi connectivity index (χ0n) is 10.7. The molecule has 2 aromatic heterocycles. The molecule has 3 rings (SSSR count). The highest BCUT2D eigenvalue weighted by Crippen LogP contribution is 2.16. The SMILES string of the molecule is CCc1nnc2sc(CCc3ccc(N)cc3)nn12. The average molecular weight is 273 g/mol. The molecule has 0 aliphatic carbocycles. The molecule has 2 N–H and O–H groups in total. The first-order valence-corrected chi connectivity index (χ1v) is 7.12. The molecule has 6 heteroatoms. The van der Waals surface area contributed by atoms with Crippen LogP contribution in [0.1, 0.15) is 23.3 Å². The largest absolute Gasteiger partial charge is 0.399 e. The van der Waals surface area contributed by atoms with Crippen molar-refractivity contribution in [1.82, 2.24) is 19.8 Å². The molecule has 0 unspecified atom stereocenters. The summed E-state index contributed by atoms with van der Waals surface area (Å²) >= 11 is 1.61. The van der Waals surface area contributed by atoms with E-state index >= 15 is 0 Å². The van der Waals surface area contributed by atoms with Gasteiger partial charge in [0, 0.05) is 18.5 Å². The van der Waals surface area contributed by atoms with Gasteiger partial charge in [0.05, 0.1) is 0 Å². The second-order valence-corrected chi connectivity index (χ2v) is 5.44. The molecule has 5 nitrogen and oxygen atoms in total. The fraction of sp³-hybridized carbons (Fsp3) is 0.308. The summed E-state index contributed by atoms with van der Waals surface area (Å²) in [5, 5.41) is 13.9. The molecule has 0 saturated carbocycles. The van der Waals surface area contributed by atoms with Gasteiger partial charge in [0.25, 0.3) is 0 Å². The molecule has 0 atom stereocenters. The summed E-state index contributed by atoms with van der Waals surface area (Å²) in [6.45, 7) is 2.06. The van der Waals surface area contributed by atoms with Crippen LogP contribution < -0.4 is 5.73 Å². The van der Waals surface area contributed by atoms with Crippen LogP contribution in [0, 0.1) is 0 Å². The lowest BCUT2D eigenvalue weighted by atomic mass is 10.1. The normalized spacial score (nSPS) is 11.2. The van der Waals surface area contributed by atoms with Crippen molar-refractivity contribution in [2.24, 2.45) is 0 Å². The van der Waals surface area contributed by atoms with Crippen molar-refractivity contribution >= 4 is 22.0 Å². The van der Waals surface area contributed by atoms with Gasteiger partial charge < -0.3 is 5.73 Å². The molecule has 0 aliphatic rings. The lowest BCUT2D eigenvalue weighted by molar-refractivity contribution is 0.800. The van der Waals surface area contributed by atoms with Crippen molar-refractivity contribution in [3.8, 4) is 0 Å². The highest BCUT2D eigenvalue weighted by atomic mass is 32.1. The molecule has 0 bridgehead atoms. The topological polar surface area (TPSA) is 69.1 Å². The van der Waals surface area contributed by atoms with E-state index < -0.39 is 0 Å². The fourth-order valence-electron chi connectivity index (χ4n) is 1.95. The fourth-order valence-corrected chi connectivity index (χ4v) is 2.81. The Bertz CT molecular complexity index is 683. The first kappa shape index (κ1) is 12.1. The second-order valence-electron chi connectivity index (χ2n) is 4.40. The number of anilines is 1. The molecule has 0 spiro atoms. The third kappa shape index (κ3) is 2.44. The van der Waals surface area contributed by atoms with Crippen molar-refractivity contribution in [2.45, 2.75) is 26.2 Å². The number of aromatic nitrogens is 4. The van der Waals surface area contributed by atoms with Gasteiger partial charge in [-0.25, -0.2) is 0 Å². The minimum absolute atomic E-state index is 0.801. The summed E-state index contributed by atoms with van der Waals surface area (Å²) in [5.74, 6) is 0.921. The molecule has 0 radical (unpaired) electrons. The van der Waals surface area contributed by atoms with Crippen LogP contribution in [0.25, 0.3) is 4.96 Å². The molecular formula is C13H15N5S. The first-order valence-electron chi connectivity index (χ1n) is 6.30. The highest BCUT2D eigenvalue weighted by Gasteiger charge is 2.10. The minimum atomic E-state index is 0.801. The number of rotatable bonds is 4. The van der Waals surface area contributed by atoms with E-state index in [-0.39, 0.29) is 0 Å².